The molecule has 0 atom stereocenters. The minimum absolute atomic E-state index is 0.355. The van der Waals surface area contributed by atoms with Crippen molar-refractivity contribution in [3.63, 3.8) is 0 Å². The summed E-state index contributed by atoms with van der Waals surface area (Å²) in [5.74, 6) is 2.11. The van der Waals surface area contributed by atoms with E-state index in [1.54, 1.807) is 20.4 Å². The van der Waals surface area contributed by atoms with Gasteiger partial charge in [0, 0.05) is 12.6 Å². The molecule has 6 heteroatoms. The Morgan fingerprint density at radius 3 is 2.37 bits per heavy atom. The maximum Gasteiger partial charge on any atom is 0.149 e. The fourth-order valence-corrected chi connectivity index (χ4v) is 1.74. The standard InChI is InChI=1S/C13H14ClN3O2/c1-18-10-3-9(4-11(5-10)19-2)6-16-13-8-15-7-12(14)17-13/h3-5,7-8H,6H2,1-2H3,(H,16,17). The van der Waals surface area contributed by atoms with Crippen LogP contribution in [0.3, 0.4) is 0 Å². The Morgan fingerprint density at radius 1 is 1.11 bits per heavy atom. The minimum Gasteiger partial charge on any atom is -0.497 e. The summed E-state index contributed by atoms with van der Waals surface area (Å²) in [4.78, 5) is 8.06. The van der Waals surface area contributed by atoms with Crippen molar-refractivity contribution in [2.24, 2.45) is 0 Å². The normalized spacial score (nSPS) is 10.1. The lowest BCUT2D eigenvalue weighted by atomic mass is 10.2. The van der Waals surface area contributed by atoms with E-state index in [1.807, 2.05) is 18.2 Å². The molecule has 5 nitrogen and oxygen atoms in total. The summed E-state index contributed by atoms with van der Waals surface area (Å²) in [6.07, 6.45) is 3.10. The van der Waals surface area contributed by atoms with Crippen LogP contribution in [0, 0.1) is 0 Å². The second-order valence-electron chi connectivity index (χ2n) is 3.80. The van der Waals surface area contributed by atoms with E-state index < -0.39 is 0 Å². The summed E-state index contributed by atoms with van der Waals surface area (Å²) in [6.45, 7) is 0.572. The van der Waals surface area contributed by atoms with Crippen LogP contribution in [0.1, 0.15) is 5.56 Å². The molecule has 0 fully saturated rings. The Balaban J connectivity index is 2.10. The van der Waals surface area contributed by atoms with Gasteiger partial charge in [-0.1, -0.05) is 11.6 Å². The van der Waals surface area contributed by atoms with Gasteiger partial charge in [-0.15, -0.1) is 0 Å². The number of ether oxygens (including phenoxy) is 2. The van der Waals surface area contributed by atoms with Crippen LogP contribution in [-0.2, 0) is 6.54 Å². The topological polar surface area (TPSA) is 56.3 Å². The fourth-order valence-electron chi connectivity index (χ4n) is 1.59. The zero-order chi connectivity index (χ0) is 13.7. The van der Waals surface area contributed by atoms with Crippen LogP contribution in [0.5, 0.6) is 11.5 Å². The molecule has 1 aromatic heterocycles. The SMILES string of the molecule is COc1cc(CNc2cncc(Cl)n2)cc(OC)c1. The Bertz CT molecular complexity index is 541. The van der Waals surface area contributed by atoms with Gasteiger partial charge in [-0.25, -0.2) is 4.98 Å². The van der Waals surface area contributed by atoms with E-state index >= 15 is 0 Å². The van der Waals surface area contributed by atoms with E-state index in [2.05, 4.69) is 15.3 Å². The van der Waals surface area contributed by atoms with Crippen molar-refractivity contribution >= 4 is 17.4 Å². The first-order chi connectivity index (χ1) is 9.21. The molecule has 0 amide bonds. The quantitative estimate of drug-likeness (QED) is 0.912. The first-order valence-electron chi connectivity index (χ1n) is 5.64. The number of anilines is 1. The monoisotopic (exact) mass is 279 g/mol. The van der Waals surface area contributed by atoms with Gasteiger partial charge in [-0.05, 0) is 17.7 Å². The second kappa shape index (κ2) is 6.24. The van der Waals surface area contributed by atoms with Crippen molar-refractivity contribution in [3.05, 3.63) is 41.3 Å². The average molecular weight is 280 g/mol. The van der Waals surface area contributed by atoms with Crippen molar-refractivity contribution in [2.75, 3.05) is 19.5 Å². The van der Waals surface area contributed by atoms with Crippen molar-refractivity contribution in [1.82, 2.24) is 9.97 Å². The highest BCUT2D eigenvalue weighted by Gasteiger charge is 2.03. The Labute approximate surface area is 116 Å². The maximum absolute atomic E-state index is 5.77. The second-order valence-corrected chi connectivity index (χ2v) is 4.19. The summed E-state index contributed by atoms with van der Waals surface area (Å²) in [6, 6.07) is 5.67. The van der Waals surface area contributed by atoms with Gasteiger partial charge in [0.1, 0.15) is 22.5 Å². The van der Waals surface area contributed by atoms with E-state index in [0.717, 1.165) is 17.1 Å². The number of methoxy groups -OCH3 is 2. The van der Waals surface area contributed by atoms with E-state index in [0.29, 0.717) is 17.5 Å². The van der Waals surface area contributed by atoms with E-state index in [9.17, 15) is 0 Å². The predicted octanol–water partition coefficient (Wildman–Crippen LogP) is 2.76. The molecule has 1 heterocycles. The molecular weight excluding hydrogens is 266 g/mol. The highest BCUT2D eigenvalue weighted by atomic mass is 35.5. The van der Waals surface area contributed by atoms with Gasteiger partial charge in [-0.2, -0.15) is 0 Å². The first-order valence-corrected chi connectivity index (χ1v) is 6.02. The van der Waals surface area contributed by atoms with Crippen LogP contribution in [0.2, 0.25) is 5.15 Å². The molecule has 0 aliphatic carbocycles. The summed E-state index contributed by atoms with van der Waals surface area (Å²) >= 11 is 5.77. The van der Waals surface area contributed by atoms with E-state index in [4.69, 9.17) is 21.1 Å². The third-order valence-electron chi connectivity index (χ3n) is 2.49. The molecule has 0 bridgehead atoms. The van der Waals surface area contributed by atoms with Crippen LogP contribution < -0.4 is 14.8 Å². The number of benzene rings is 1. The summed E-state index contributed by atoms with van der Waals surface area (Å²) in [5.41, 5.74) is 1.01. The highest BCUT2D eigenvalue weighted by Crippen LogP contribution is 2.23. The van der Waals surface area contributed by atoms with Crippen LogP contribution in [-0.4, -0.2) is 24.2 Å². The Hall–Kier alpha value is -2.01. The number of halogens is 1. The number of aromatic nitrogens is 2. The van der Waals surface area contributed by atoms with Gasteiger partial charge >= 0.3 is 0 Å². The van der Waals surface area contributed by atoms with Gasteiger partial charge < -0.3 is 14.8 Å². The molecule has 0 saturated carbocycles. The van der Waals surface area contributed by atoms with Crippen LogP contribution in [0.4, 0.5) is 5.82 Å². The number of hydrogen-bond donors (Lipinski definition) is 1. The Morgan fingerprint density at radius 2 is 1.79 bits per heavy atom. The van der Waals surface area contributed by atoms with E-state index in [1.165, 1.54) is 6.20 Å². The summed E-state index contributed by atoms with van der Waals surface area (Å²) in [5, 5.41) is 3.49. The van der Waals surface area contributed by atoms with Crippen molar-refractivity contribution in [2.45, 2.75) is 6.54 Å². The molecule has 1 N–H and O–H groups in total. The predicted molar refractivity (Wildman–Crippen MR) is 73.9 cm³/mol. The molecule has 0 saturated heterocycles. The van der Waals surface area contributed by atoms with E-state index in [-0.39, 0.29) is 0 Å². The Kier molecular flexibility index (Phi) is 4.41. The smallest absolute Gasteiger partial charge is 0.149 e. The molecule has 19 heavy (non-hydrogen) atoms. The third kappa shape index (κ3) is 3.72. The average Bonchev–Trinajstić information content (AvgIpc) is 2.44. The lowest BCUT2D eigenvalue weighted by Gasteiger charge is -2.09. The molecule has 2 aromatic rings. The molecule has 2 rings (SSSR count). The number of nitrogens with one attached hydrogen (secondary N) is 1. The molecule has 0 unspecified atom stereocenters. The fraction of sp³-hybridized carbons (Fsp3) is 0.231. The van der Waals surface area contributed by atoms with Gasteiger partial charge in [-0.3, -0.25) is 4.98 Å². The van der Waals surface area contributed by atoms with Crippen molar-refractivity contribution < 1.29 is 9.47 Å². The number of nitrogens with zero attached hydrogens (tertiary/aromatic N) is 2. The molecule has 1 aromatic carbocycles. The van der Waals surface area contributed by atoms with Crippen LogP contribution in [0.15, 0.2) is 30.6 Å². The highest BCUT2D eigenvalue weighted by molar-refractivity contribution is 6.29. The number of rotatable bonds is 5. The maximum atomic E-state index is 5.77. The van der Waals surface area contributed by atoms with Gasteiger partial charge in [0.15, 0.2) is 0 Å². The molecular formula is C13H14ClN3O2. The van der Waals surface area contributed by atoms with Gasteiger partial charge in [0.2, 0.25) is 0 Å². The molecule has 0 aliphatic rings. The molecule has 0 spiro atoms. The van der Waals surface area contributed by atoms with Crippen LogP contribution in [0.25, 0.3) is 0 Å². The summed E-state index contributed by atoms with van der Waals surface area (Å²) < 4.78 is 10.4. The summed E-state index contributed by atoms with van der Waals surface area (Å²) in [7, 11) is 3.24. The molecule has 0 radical (unpaired) electrons. The zero-order valence-corrected chi connectivity index (χ0v) is 11.4. The lowest BCUT2D eigenvalue weighted by molar-refractivity contribution is 0.393. The molecule has 0 aliphatic heterocycles. The zero-order valence-electron chi connectivity index (χ0n) is 10.7. The van der Waals surface area contributed by atoms with Gasteiger partial charge in [0.05, 0.1) is 26.6 Å². The van der Waals surface area contributed by atoms with Gasteiger partial charge in [0.25, 0.3) is 0 Å². The first kappa shape index (κ1) is 13.4. The van der Waals surface area contributed by atoms with Crippen molar-refractivity contribution in [3.8, 4) is 11.5 Å². The minimum atomic E-state index is 0.355. The van der Waals surface area contributed by atoms with Crippen LogP contribution >= 0.6 is 11.6 Å². The molecule has 100 valence electrons. The largest absolute Gasteiger partial charge is 0.497 e. The third-order valence-corrected chi connectivity index (χ3v) is 2.67. The van der Waals surface area contributed by atoms with Crippen molar-refractivity contribution in [1.29, 1.82) is 0 Å². The lowest BCUT2D eigenvalue weighted by Crippen LogP contribution is -2.02. The number of hydrogen-bond acceptors (Lipinski definition) is 5.